The molecule has 0 saturated heterocycles. The summed E-state index contributed by atoms with van der Waals surface area (Å²) in [5.41, 5.74) is 4.57. The van der Waals surface area contributed by atoms with Gasteiger partial charge in [-0.05, 0) is 36.5 Å². The molecule has 0 fully saturated rings. The van der Waals surface area contributed by atoms with Gasteiger partial charge in [-0.15, -0.1) is 0 Å². The van der Waals surface area contributed by atoms with Gasteiger partial charge in [0.25, 0.3) is 0 Å². The lowest BCUT2D eigenvalue weighted by molar-refractivity contribution is -0.118. The van der Waals surface area contributed by atoms with Crippen LogP contribution >= 0.6 is 0 Å². The second-order valence-corrected chi connectivity index (χ2v) is 8.81. The molecule has 1 atom stereocenters. The minimum Gasteiger partial charge on any atom is -0.493 e. The largest absolute Gasteiger partial charge is 0.493 e. The van der Waals surface area contributed by atoms with Crippen LogP contribution in [0.25, 0.3) is 0 Å². The second kappa shape index (κ2) is 8.05. The van der Waals surface area contributed by atoms with E-state index in [1.807, 2.05) is 42.5 Å². The number of hydrogen-bond donors (Lipinski definition) is 2. The summed E-state index contributed by atoms with van der Waals surface area (Å²) in [6.07, 6.45) is 2.23. The van der Waals surface area contributed by atoms with E-state index in [4.69, 9.17) is 9.47 Å². The molecule has 0 bridgehead atoms. The van der Waals surface area contributed by atoms with E-state index in [0.29, 0.717) is 24.5 Å². The zero-order chi connectivity index (χ0) is 21.3. The first-order valence-corrected chi connectivity index (χ1v) is 10.6. The average Bonchev–Trinajstić information content (AvgIpc) is 2.87. The van der Waals surface area contributed by atoms with Gasteiger partial charge in [0, 0.05) is 23.3 Å². The fourth-order valence-corrected chi connectivity index (χ4v) is 4.40. The molecule has 5 nitrogen and oxygen atoms in total. The molecule has 0 radical (unpaired) electrons. The topological polar surface area (TPSA) is 59.6 Å². The van der Waals surface area contributed by atoms with Crippen LogP contribution < -0.4 is 20.1 Å². The van der Waals surface area contributed by atoms with E-state index < -0.39 is 0 Å². The van der Waals surface area contributed by atoms with Crippen LogP contribution in [0.2, 0.25) is 0 Å². The first-order chi connectivity index (χ1) is 14.4. The Bertz CT molecular complexity index is 994. The molecule has 0 amide bonds. The van der Waals surface area contributed by atoms with Crippen LogP contribution in [0.1, 0.15) is 51.6 Å². The molecule has 0 saturated carbocycles. The van der Waals surface area contributed by atoms with Crippen molar-refractivity contribution in [3.8, 4) is 11.5 Å². The van der Waals surface area contributed by atoms with Gasteiger partial charge < -0.3 is 20.1 Å². The van der Waals surface area contributed by atoms with E-state index in [-0.39, 0.29) is 17.2 Å². The average molecular weight is 407 g/mol. The third-order valence-corrected chi connectivity index (χ3v) is 5.71. The van der Waals surface area contributed by atoms with Crippen molar-refractivity contribution in [1.82, 2.24) is 0 Å². The van der Waals surface area contributed by atoms with Crippen molar-refractivity contribution >= 4 is 17.2 Å². The van der Waals surface area contributed by atoms with E-state index in [2.05, 4.69) is 31.4 Å². The molecule has 2 aromatic carbocycles. The Labute approximate surface area is 178 Å². The number of carbonyl (C=O) groups excluding carboxylic acids is 1. The lowest BCUT2D eigenvalue weighted by Crippen LogP contribution is -2.31. The smallest absolute Gasteiger partial charge is 0.166 e. The molecule has 1 heterocycles. The van der Waals surface area contributed by atoms with E-state index in [1.165, 1.54) is 0 Å². The number of rotatable bonds is 5. The predicted octanol–water partition coefficient (Wildman–Crippen LogP) is 5.71. The molecule has 1 aliphatic heterocycles. The lowest BCUT2D eigenvalue weighted by atomic mass is 9.73. The van der Waals surface area contributed by atoms with E-state index in [1.54, 1.807) is 7.11 Å². The quantitative estimate of drug-likeness (QED) is 0.666. The van der Waals surface area contributed by atoms with Gasteiger partial charge in [-0.2, -0.15) is 0 Å². The fraction of sp³-hybridized carbons (Fsp3) is 0.400. The van der Waals surface area contributed by atoms with Crippen molar-refractivity contribution in [2.75, 3.05) is 24.4 Å². The van der Waals surface area contributed by atoms with Crippen molar-refractivity contribution in [2.45, 2.75) is 46.1 Å². The van der Waals surface area contributed by atoms with Crippen LogP contribution in [-0.4, -0.2) is 19.5 Å². The van der Waals surface area contributed by atoms with Crippen molar-refractivity contribution in [3.63, 3.8) is 0 Å². The molecule has 30 heavy (non-hydrogen) atoms. The monoisotopic (exact) mass is 406 g/mol. The first kappa shape index (κ1) is 20.3. The van der Waals surface area contributed by atoms with Crippen LogP contribution in [0.3, 0.4) is 0 Å². The molecule has 158 valence electrons. The van der Waals surface area contributed by atoms with Crippen LogP contribution in [0.4, 0.5) is 11.4 Å². The fourth-order valence-electron chi connectivity index (χ4n) is 4.40. The van der Waals surface area contributed by atoms with E-state index >= 15 is 0 Å². The zero-order valence-corrected chi connectivity index (χ0v) is 18.2. The summed E-state index contributed by atoms with van der Waals surface area (Å²) in [7, 11) is 1.65. The Morgan fingerprint density at radius 3 is 2.57 bits per heavy atom. The Kier molecular flexibility index (Phi) is 5.46. The maximum atomic E-state index is 13.4. The van der Waals surface area contributed by atoms with Gasteiger partial charge in [0.15, 0.2) is 17.3 Å². The van der Waals surface area contributed by atoms with Crippen molar-refractivity contribution in [3.05, 3.63) is 59.3 Å². The predicted molar refractivity (Wildman–Crippen MR) is 120 cm³/mol. The second-order valence-electron chi connectivity index (χ2n) is 8.81. The summed E-state index contributed by atoms with van der Waals surface area (Å²) in [6, 6.07) is 13.6. The van der Waals surface area contributed by atoms with Crippen LogP contribution in [0.15, 0.2) is 53.7 Å². The highest BCUT2D eigenvalue weighted by atomic mass is 16.5. The third-order valence-electron chi connectivity index (χ3n) is 5.71. The molecular weight excluding hydrogens is 376 g/mol. The molecule has 0 aromatic heterocycles. The number of methoxy groups -OCH3 is 1. The summed E-state index contributed by atoms with van der Waals surface area (Å²) >= 11 is 0. The van der Waals surface area contributed by atoms with Crippen LogP contribution in [0.5, 0.6) is 11.5 Å². The molecule has 4 rings (SSSR count). The van der Waals surface area contributed by atoms with Gasteiger partial charge in [-0.3, -0.25) is 4.79 Å². The summed E-state index contributed by atoms with van der Waals surface area (Å²) in [6.45, 7) is 6.96. The first-order valence-electron chi connectivity index (χ1n) is 10.6. The minimum absolute atomic E-state index is 0.0807. The maximum absolute atomic E-state index is 13.4. The lowest BCUT2D eigenvalue weighted by Gasteiger charge is -2.34. The molecule has 0 spiro atoms. The molecule has 2 aromatic rings. The number of allylic oxidation sites excluding steroid dienone is 1. The zero-order valence-electron chi connectivity index (χ0n) is 18.2. The van der Waals surface area contributed by atoms with Gasteiger partial charge in [0.2, 0.25) is 0 Å². The standard InChI is InChI=1S/C25H30N2O3/c1-5-13-30-24-16(9-8-12-21(24)29-4)23-22-19(14-25(2,3)15-20(22)28)26-17-10-6-7-11-18(17)27-23/h6-12,23,26-27H,5,13-15H2,1-4H3/t23-/m0/s1. The number of carbonyl (C=O) groups is 1. The maximum Gasteiger partial charge on any atom is 0.166 e. The number of para-hydroxylation sites is 3. The van der Waals surface area contributed by atoms with Gasteiger partial charge in [0.05, 0.1) is 31.1 Å². The summed E-state index contributed by atoms with van der Waals surface area (Å²) in [5, 5.41) is 7.19. The van der Waals surface area contributed by atoms with Crippen molar-refractivity contribution in [2.24, 2.45) is 5.41 Å². The molecule has 2 N–H and O–H groups in total. The minimum atomic E-state index is -0.318. The molecule has 5 heteroatoms. The number of fused-ring (bicyclic) bond motifs is 1. The van der Waals surface area contributed by atoms with Crippen LogP contribution in [-0.2, 0) is 4.79 Å². The molecule has 0 unspecified atom stereocenters. The molecule has 1 aliphatic carbocycles. The summed E-state index contributed by atoms with van der Waals surface area (Å²) in [5.74, 6) is 1.55. The number of ketones is 1. The Balaban J connectivity index is 1.90. The molecule has 2 aliphatic rings. The third kappa shape index (κ3) is 3.76. The number of nitrogens with one attached hydrogen (secondary N) is 2. The van der Waals surface area contributed by atoms with Gasteiger partial charge in [0.1, 0.15) is 0 Å². The highest BCUT2D eigenvalue weighted by Gasteiger charge is 2.39. The van der Waals surface area contributed by atoms with Crippen molar-refractivity contribution < 1.29 is 14.3 Å². The highest BCUT2D eigenvalue weighted by molar-refractivity contribution is 6.01. The van der Waals surface area contributed by atoms with Gasteiger partial charge in [-0.25, -0.2) is 0 Å². The molecular formula is C25H30N2O3. The van der Waals surface area contributed by atoms with Crippen molar-refractivity contribution in [1.29, 1.82) is 0 Å². The SMILES string of the molecule is CCCOc1c(OC)cccc1[C@@H]1Nc2ccccc2NC2=C1C(=O)CC(C)(C)C2. The Hall–Kier alpha value is -2.95. The summed E-state index contributed by atoms with van der Waals surface area (Å²) < 4.78 is 11.7. The normalized spacial score (nSPS) is 19.7. The Morgan fingerprint density at radius 1 is 1.07 bits per heavy atom. The van der Waals surface area contributed by atoms with E-state index in [9.17, 15) is 4.79 Å². The highest BCUT2D eigenvalue weighted by Crippen LogP contribution is 2.48. The number of Topliss-reactive ketones (excluding diaryl/α,β-unsaturated/α-hetero) is 1. The number of hydrogen-bond acceptors (Lipinski definition) is 5. The van der Waals surface area contributed by atoms with Crippen LogP contribution in [0, 0.1) is 5.41 Å². The number of anilines is 2. The number of benzene rings is 2. The van der Waals surface area contributed by atoms with Gasteiger partial charge in [-0.1, -0.05) is 45.0 Å². The summed E-state index contributed by atoms with van der Waals surface area (Å²) in [4.78, 5) is 13.4. The Morgan fingerprint density at radius 2 is 1.83 bits per heavy atom. The van der Waals surface area contributed by atoms with E-state index in [0.717, 1.165) is 41.1 Å². The number of ether oxygens (including phenoxy) is 2. The van der Waals surface area contributed by atoms with Gasteiger partial charge >= 0.3 is 0 Å².